The largest absolute Gasteiger partial charge is 0.332 e. The standard InChI is InChI=1S/C52H35N5/c1-3-11-36(12-4-1)52(37-13-5-2-6-14-37)44-16-8-7-15-40(44)41-31-42-49(32-45(41)52)57(47-17-9-28-54-50(42)47)39-25-21-35(22-26-39)34-19-23-38(24-20-34)56-46-27-30-53-33-43(46)51-48(56)18-10-29-55-51/h1-33,48,51H. The first kappa shape index (κ1) is 31.9. The van der Waals surface area contributed by atoms with E-state index in [-0.39, 0.29) is 12.1 Å². The molecule has 5 nitrogen and oxygen atoms in total. The van der Waals surface area contributed by atoms with Crippen molar-refractivity contribution >= 4 is 39.5 Å². The van der Waals surface area contributed by atoms with Crippen molar-refractivity contribution in [3.63, 3.8) is 0 Å². The molecule has 0 fully saturated rings. The Hall–Kier alpha value is -7.37. The smallest absolute Gasteiger partial charge is 0.103 e. The molecule has 2 unspecified atom stereocenters. The molecule has 2 atom stereocenters. The van der Waals surface area contributed by atoms with Gasteiger partial charge in [-0.05, 0) is 105 Å². The van der Waals surface area contributed by atoms with E-state index in [9.17, 15) is 0 Å². The number of benzene rings is 6. The van der Waals surface area contributed by atoms with Crippen LogP contribution in [0.5, 0.6) is 0 Å². The minimum absolute atomic E-state index is 0.0615. The van der Waals surface area contributed by atoms with Crippen LogP contribution in [0.3, 0.4) is 0 Å². The summed E-state index contributed by atoms with van der Waals surface area (Å²) in [7, 11) is 0. The molecule has 0 bridgehead atoms. The van der Waals surface area contributed by atoms with Gasteiger partial charge in [-0.2, -0.15) is 0 Å². The molecule has 0 N–H and O–H groups in total. The molecular formula is C52H35N5. The molecule has 57 heavy (non-hydrogen) atoms. The molecule has 12 rings (SSSR count). The second-order valence-corrected chi connectivity index (χ2v) is 15.2. The lowest BCUT2D eigenvalue weighted by atomic mass is 9.67. The molecule has 3 aliphatic rings. The predicted molar refractivity (Wildman–Crippen MR) is 232 cm³/mol. The van der Waals surface area contributed by atoms with Gasteiger partial charge in [0.25, 0.3) is 0 Å². The number of aromatic nitrogens is 3. The highest BCUT2D eigenvalue weighted by molar-refractivity contribution is 6.10. The maximum atomic E-state index is 4.99. The number of allylic oxidation sites excluding steroid dienone is 1. The van der Waals surface area contributed by atoms with Crippen LogP contribution < -0.4 is 4.90 Å². The highest BCUT2D eigenvalue weighted by atomic mass is 15.2. The molecule has 6 aromatic carbocycles. The number of anilines is 2. The summed E-state index contributed by atoms with van der Waals surface area (Å²) in [4.78, 5) is 16.6. The highest BCUT2D eigenvalue weighted by Gasteiger charge is 2.46. The third-order valence-corrected chi connectivity index (χ3v) is 12.4. The van der Waals surface area contributed by atoms with E-state index < -0.39 is 5.41 Å². The summed E-state index contributed by atoms with van der Waals surface area (Å²) in [6, 6.07) is 60.2. The summed E-state index contributed by atoms with van der Waals surface area (Å²) < 4.78 is 2.39. The average Bonchev–Trinajstić information content (AvgIpc) is 3.90. The van der Waals surface area contributed by atoms with Gasteiger partial charge in [0.1, 0.15) is 6.04 Å². The van der Waals surface area contributed by atoms with Gasteiger partial charge in [0.15, 0.2) is 0 Å². The monoisotopic (exact) mass is 729 g/mol. The Balaban J connectivity index is 0.988. The molecule has 268 valence electrons. The lowest BCUT2D eigenvalue weighted by molar-refractivity contribution is 0.666. The minimum atomic E-state index is -0.483. The minimum Gasteiger partial charge on any atom is -0.332 e. The van der Waals surface area contributed by atoms with Crippen molar-refractivity contribution in [1.82, 2.24) is 14.5 Å². The van der Waals surface area contributed by atoms with E-state index in [2.05, 4.69) is 178 Å². The molecule has 2 aliphatic heterocycles. The van der Waals surface area contributed by atoms with Crippen LogP contribution in [0.15, 0.2) is 200 Å². The Morgan fingerprint density at radius 1 is 0.561 bits per heavy atom. The van der Waals surface area contributed by atoms with Crippen molar-refractivity contribution in [3.05, 3.63) is 222 Å². The van der Waals surface area contributed by atoms with Crippen LogP contribution in [0.4, 0.5) is 11.4 Å². The van der Waals surface area contributed by atoms with E-state index in [0.717, 1.165) is 33.3 Å². The van der Waals surface area contributed by atoms with Gasteiger partial charge in [-0.25, -0.2) is 0 Å². The maximum Gasteiger partial charge on any atom is 0.103 e. The maximum absolute atomic E-state index is 4.99. The number of aliphatic imine (C=N–C) groups is 1. The van der Waals surface area contributed by atoms with Crippen LogP contribution in [-0.2, 0) is 5.41 Å². The van der Waals surface area contributed by atoms with Gasteiger partial charge in [0, 0.05) is 47.1 Å². The average molecular weight is 730 g/mol. The third kappa shape index (κ3) is 4.54. The lowest BCUT2D eigenvalue weighted by Gasteiger charge is -2.34. The van der Waals surface area contributed by atoms with Gasteiger partial charge in [0.2, 0.25) is 0 Å². The normalized spacial score (nSPS) is 17.1. The molecule has 5 heterocycles. The third-order valence-electron chi connectivity index (χ3n) is 12.4. The Labute approximate surface area is 330 Å². The molecule has 0 spiro atoms. The van der Waals surface area contributed by atoms with E-state index in [1.165, 1.54) is 55.8 Å². The molecule has 3 aromatic heterocycles. The number of hydrogen-bond acceptors (Lipinski definition) is 4. The second-order valence-electron chi connectivity index (χ2n) is 15.2. The van der Waals surface area contributed by atoms with Crippen LogP contribution in [-0.4, -0.2) is 26.8 Å². The van der Waals surface area contributed by atoms with E-state index >= 15 is 0 Å². The number of nitrogens with zero attached hydrogens (tertiary/aromatic N) is 5. The van der Waals surface area contributed by atoms with Gasteiger partial charge in [-0.15, -0.1) is 0 Å². The zero-order chi connectivity index (χ0) is 37.5. The zero-order valence-electron chi connectivity index (χ0n) is 30.9. The summed E-state index contributed by atoms with van der Waals surface area (Å²) in [5.41, 5.74) is 17.3. The summed E-state index contributed by atoms with van der Waals surface area (Å²) in [5.74, 6) is 0. The first-order chi connectivity index (χ1) is 28.3. The van der Waals surface area contributed by atoms with Crippen molar-refractivity contribution in [2.45, 2.75) is 17.5 Å². The Morgan fingerprint density at radius 3 is 2.02 bits per heavy atom. The number of rotatable bonds is 5. The quantitative estimate of drug-likeness (QED) is 0.177. The number of hydrogen-bond donors (Lipinski definition) is 0. The molecule has 9 aromatic rings. The Bertz CT molecular complexity index is 3030. The molecule has 0 saturated heterocycles. The summed E-state index contributed by atoms with van der Waals surface area (Å²) in [5, 5.41) is 1.15. The molecular weight excluding hydrogens is 695 g/mol. The summed E-state index contributed by atoms with van der Waals surface area (Å²) in [6.45, 7) is 0. The van der Waals surface area contributed by atoms with Crippen LogP contribution in [0.1, 0.15) is 33.9 Å². The van der Waals surface area contributed by atoms with Crippen molar-refractivity contribution in [2.75, 3.05) is 4.90 Å². The van der Waals surface area contributed by atoms with E-state index in [0.29, 0.717) is 0 Å². The topological polar surface area (TPSA) is 46.3 Å². The van der Waals surface area contributed by atoms with Crippen LogP contribution >= 0.6 is 0 Å². The van der Waals surface area contributed by atoms with E-state index in [1.54, 1.807) is 0 Å². The summed E-state index contributed by atoms with van der Waals surface area (Å²) >= 11 is 0. The first-order valence-electron chi connectivity index (χ1n) is 19.6. The van der Waals surface area contributed by atoms with Crippen LogP contribution in [0, 0.1) is 0 Å². The van der Waals surface area contributed by atoms with Gasteiger partial charge in [-0.3, -0.25) is 15.0 Å². The Morgan fingerprint density at radius 2 is 1.26 bits per heavy atom. The van der Waals surface area contributed by atoms with Crippen molar-refractivity contribution in [2.24, 2.45) is 4.99 Å². The zero-order valence-corrected chi connectivity index (χ0v) is 30.9. The van der Waals surface area contributed by atoms with Crippen molar-refractivity contribution < 1.29 is 0 Å². The van der Waals surface area contributed by atoms with Gasteiger partial charge < -0.3 is 9.47 Å². The predicted octanol–water partition coefficient (Wildman–Crippen LogP) is 11.8. The fourth-order valence-electron chi connectivity index (χ4n) is 9.97. The molecule has 0 amide bonds. The van der Waals surface area contributed by atoms with Crippen molar-refractivity contribution in [3.8, 4) is 27.9 Å². The number of dihydropyridines is 1. The van der Waals surface area contributed by atoms with Crippen LogP contribution in [0.25, 0.3) is 49.9 Å². The van der Waals surface area contributed by atoms with Gasteiger partial charge in [-0.1, -0.05) is 115 Å². The van der Waals surface area contributed by atoms with E-state index in [4.69, 9.17) is 9.98 Å². The fourth-order valence-corrected chi connectivity index (χ4v) is 9.97. The SMILES string of the molecule is C1=CC2C(N=C1)c1cnccc1N2c1ccc(-c2ccc(-n3c4cc5c(cc4c4ncccc43)-c3ccccc3C5(c3ccccc3)c3ccccc3)cc2)cc1. The number of fused-ring (bicyclic) bond motifs is 9. The fraction of sp³-hybridized carbons (Fsp3) is 0.0577. The second kappa shape index (κ2) is 12.3. The molecule has 1 aliphatic carbocycles. The van der Waals surface area contributed by atoms with Gasteiger partial charge >= 0.3 is 0 Å². The molecule has 0 radical (unpaired) electrons. The Kier molecular flexibility index (Phi) is 6.90. The van der Waals surface area contributed by atoms with E-state index in [1.807, 2.05) is 36.9 Å². The summed E-state index contributed by atoms with van der Waals surface area (Å²) in [6.07, 6.45) is 11.9. The highest BCUT2D eigenvalue weighted by Crippen LogP contribution is 2.57. The van der Waals surface area contributed by atoms with Crippen molar-refractivity contribution in [1.29, 1.82) is 0 Å². The molecule has 0 saturated carbocycles. The van der Waals surface area contributed by atoms with Gasteiger partial charge in [0.05, 0.1) is 33.7 Å². The lowest BCUT2D eigenvalue weighted by Crippen LogP contribution is -2.28. The number of pyridine rings is 2. The molecule has 5 heteroatoms. The first-order valence-corrected chi connectivity index (χ1v) is 19.6. The van der Waals surface area contributed by atoms with Crippen LogP contribution in [0.2, 0.25) is 0 Å².